The summed E-state index contributed by atoms with van der Waals surface area (Å²) in [5.74, 6) is 2.34. The summed E-state index contributed by atoms with van der Waals surface area (Å²) in [4.78, 5) is 4.74. The number of aromatic nitrogens is 1. The summed E-state index contributed by atoms with van der Waals surface area (Å²) in [6, 6.07) is 6.43. The van der Waals surface area contributed by atoms with Crippen molar-refractivity contribution in [2.75, 3.05) is 26.2 Å². The van der Waals surface area contributed by atoms with E-state index in [0.717, 1.165) is 48.4 Å². The van der Waals surface area contributed by atoms with Crippen LogP contribution in [0.5, 0.6) is 5.75 Å². The average molecular weight is 396 g/mol. The number of thiazole rings is 1. The van der Waals surface area contributed by atoms with Crippen molar-refractivity contribution in [2.45, 2.75) is 31.7 Å². The molecule has 2 N–H and O–H groups in total. The average Bonchev–Trinajstić information content (AvgIpc) is 3.22. The van der Waals surface area contributed by atoms with Crippen molar-refractivity contribution < 1.29 is 4.74 Å². The smallest absolute Gasteiger partial charge is 0.120 e. The summed E-state index contributed by atoms with van der Waals surface area (Å²) < 4.78 is 5.81. The van der Waals surface area contributed by atoms with Gasteiger partial charge < -0.3 is 15.4 Å². The zero-order valence-electron chi connectivity index (χ0n) is 16.3. The predicted molar refractivity (Wildman–Crippen MR) is 118 cm³/mol. The maximum Gasteiger partial charge on any atom is 0.120 e. The van der Waals surface area contributed by atoms with Crippen molar-refractivity contribution in [3.05, 3.63) is 58.1 Å². The molecule has 28 heavy (non-hydrogen) atoms. The number of rotatable bonds is 10. The van der Waals surface area contributed by atoms with E-state index in [2.05, 4.69) is 52.9 Å². The van der Waals surface area contributed by atoms with Gasteiger partial charge in [-0.2, -0.15) is 0 Å². The second-order valence-corrected chi connectivity index (χ2v) is 8.61. The predicted octanol–water partition coefficient (Wildman–Crippen LogP) is 4.45. The monoisotopic (exact) mass is 395 g/mol. The molecule has 2 fully saturated rings. The number of ether oxygens (including phenoxy) is 1. The minimum atomic E-state index is 0.519. The molecular formula is C23H29N3OS. The van der Waals surface area contributed by atoms with Gasteiger partial charge in [0.2, 0.25) is 0 Å². The molecule has 2 heterocycles. The van der Waals surface area contributed by atoms with Crippen LogP contribution >= 0.6 is 11.3 Å². The lowest BCUT2D eigenvalue weighted by atomic mass is 10.1. The number of hydrogen-bond donors (Lipinski definition) is 2. The van der Waals surface area contributed by atoms with Gasteiger partial charge in [-0.25, -0.2) is 4.98 Å². The Morgan fingerprint density at radius 1 is 1.25 bits per heavy atom. The lowest BCUT2D eigenvalue weighted by Crippen LogP contribution is -2.24. The van der Waals surface area contributed by atoms with Gasteiger partial charge in [-0.3, -0.25) is 0 Å². The largest absolute Gasteiger partial charge is 0.490 e. The fraction of sp³-hybridized carbons (Fsp3) is 0.435. The Hall–Kier alpha value is -1.95. The van der Waals surface area contributed by atoms with E-state index in [4.69, 9.17) is 9.72 Å². The van der Waals surface area contributed by atoms with E-state index in [1.807, 2.05) is 0 Å². The molecule has 0 amide bonds. The van der Waals surface area contributed by atoms with Crippen LogP contribution in [-0.2, 0) is 6.54 Å². The first kappa shape index (κ1) is 19.4. The highest BCUT2D eigenvalue weighted by Gasteiger charge is 2.25. The van der Waals surface area contributed by atoms with Crippen LogP contribution in [-0.4, -0.2) is 31.2 Å². The molecule has 0 radical (unpaired) electrons. The van der Waals surface area contributed by atoms with Crippen LogP contribution in [0.2, 0.25) is 0 Å². The van der Waals surface area contributed by atoms with Crippen molar-refractivity contribution in [1.82, 2.24) is 15.6 Å². The van der Waals surface area contributed by atoms with E-state index in [1.54, 1.807) is 17.4 Å². The Morgan fingerprint density at radius 2 is 2.18 bits per heavy atom. The van der Waals surface area contributed by atoms with Crippen molar-refractivity contribution in [3.8, 4) is 5.75 Å². The quantitative estimate of drug-likeness (QED) is 0.583. The second kappa shape index (κ2) is 9.50. The minimum Gasteiger partial charge on any atom is -0.490 e. The Labute approximate surface area is 171 Å². The van der Waals surface area contributed by atoms with Crippen molar-refractivity contribution in [1.29, 1.82) is 0 Å². The summed E-state index contributed by atoms with van der Waals surface area (Å²) in [7, 11) is 0. The topological polar surface area (TPSA) is 46.2 Å². The van der Waals surface area contributed by atoms with E-state index < -0.39 is 0 Å². The van der Waals surface area contributed by atoms with Gasteiger partial charge in [0.05, 0.1) is 5.69 Å². The van der Waals surface area contributed by atoms with Crippen molar-refractivity contribution >= 4 is 23.5 Å². The zero-order valence-corrected chi connectivity index (χ0v) is 17.1. The van der Waals surface area contributed by atoms with Gasteiger partial charge in [-0.1, -0.05) is 24.8 Å². The van der Waals surface area contributed by atoms with E-state index >= 15 is 0 Å². The molecule has 2 aromatic rings. The van der Waals surface area contributed by atoms with Crippen LogP contribution in [0.25, 0.3) is 12.2 Å². The third kappa shape index (κ3) is 5.53. The minimum absolute atomic E-state index is 0.519. The normalized spacial score (nSPS) is 19.4. The maximum absolute atomic E-state index is 5.81. The molecule has 1 aromatic carbocycles. The molecule has 148 valence electrons. The molecule has 4 rings (SSSR count). The van der Waals surface area contributed by atoms with Crippen LogP contribution in [0.1, 0.15) is 47.0 Å². The number of nitrogens with one attached hydrogen (secondary N) is 2. The molecule has 1 aliphatic heterocycles. The van der Waals surface area contributed by atoms with E-state index in [-0.39, 0.29) is 0 Å². The Balaban J connectivity index is 1.42. The SMILES string of the molecule is C=CCOc1cc(/C=C/c2nc(C3CC3)cs2)cc(CNCC2CCNC2)c1. The third-order valence-corrected chi connectivity index (χ3v) is 6.06. The Kier molecular flexibility index (Phi) is 6.57. The lowest BCUT2D eigenvalue weighted by molar-refractivity contribution is 0.362. The van der Waals surface area contributed by atoms with Gasteiger partial charge in [0.25, 0.3) is 0 Å². The van der Waals surface area contributed by atoms with Gasteiger partial charge in [-0.15, -0.1) is 11.3 Å². The summed E-state index contributed by atoms with van der Waals surface area (Å²) >= 11 is 1.73. The fourth-order valence-electron chi connectivity index (χ4n) is 3.54. The molecule has 1 saturated heterocycles. The molecule has 1 saturated carbocycles. The second-order valence-electron chi connectivity index (χ2n) is 7.72. The van der Waals surface area contributed by atoms with Crippen LogP contribution < -0.4 is 15.4 Å². The van der Waals surface area contributed by atoms with Crippen LogP contribution in [0, 0.1) is 5.92 Å². The Bertz CT molecular complexity index is 819. The molecular weight excluding hydrogens is 366 g/mol. The molecule has 1 aromatic heterocycles. The highest BCUT2D eigenvalue weighted by Crippen LogP contribution is 2.40. The van der Waals surface area contributed by atoms with Crippen LogP contribution in [0.3, 0.4) is 0 Å². The van der Waals surface area contributed by atoms with E-state index in [0.29, 0.717) is 12.5 Å². The molecule has 0 spiro atoms. The highest BCUT2D eigenvalue weighted by atomic mass is 32.1. The van der Waals surface area contributed by atoms with Gasteiger partial charge in [0.15, 0.2) is 0 Å². The summed E-state index contributed by atoms with van der Waals surface area (Å²) in [6.45, 7) is 8.44. The maximum atomic E-state index is 5.81. The zero-order chi connectivity index (χ0) is 19.2. The van der Waals surface area contributed by atoms with Crippen LogP contribution in [0.15, 0.2) is 36.2 Å². The van der Waals surface area contributed by atoms with Crippen molar-refractivity contribution in [3.63, 3.8) is 0 Å². The van der Waals surface area contributed by atoms with Gasteiger partial charge >= 0.3 is 0 Å². The fourth-order valence-corrected chi connectivity index (χ4v) is 4.33. The number of benzene rings is 1. The third-order valence-electron chi connectivity index (χ3n) is 5.23. The molecule has 4 nitrogen and oxygen atoms in total. The van der Waals surface area contributed by atoms with E-state index in [1.165, 1.54) is 30.5 Å². The standard InChI is InChI=1S/C23H29N3OS/c1-2-9-27-21-11-17(3-6-23-26-22(16-28-23)20-4-5-20)10-19(12-21)15-25-14-18-7-8-24-13-18/h2-3,6,10-12,16,18,20,24-25H,1,4-5,7-9,13-15H2/b6-3+. The Morgan fingerprint density at radius 3 is 2.96 bits per heavy atom. The first-order chi connectivity index (χ1) is 13.8. The molecule has 1 unspecified atom stereocenters. The summed E-state index contributed by atoms with van der Waals surface area (Å²) in [5.41, 5.74) is 3.65. The first-order valence-electron chi connectivity index (χ1n) is 10.2. The van der Waals surface area contributed by atoms with Gasteiger partial charge in [0.1, 0.15) is 17.4 Å². The highest BCUT2D eigenvalue weighted by molar-refractivity contribution is 7.10. The molecule has 1 atom stereocenters. The van der Waals surface area contributed by atoms with Gasteiger partial charge in [0, 0.05) is 17.8 Å². The van der Waals surface area contributed by atoms with Crippen molar-refractivity contribution in [2.24, 2.45) is 5.92 Å². The molecule has 5 heteroatoms. The first-order valence-corrected chi connectivity index (χ1v) is 11.1. The van der Waals surface area contributed by atoms with Crippen LogP contribution in [0.4, 0.5) is 0 Å². The lowest BCUT2D eigenvalue weighted by Gasteiger charge is -2.12. The number of nitrogens with zero attached hydrogens (tertiary/aromatic N) is 1. The molecule has 2 aliphatic rings. The summed E-state index contributed by atoms with van der Waals surface area (Å²) in [5, 5.41) is 10.3. The van der Waals surface area contributed by atoms with E-state index in [9.17, 15) is 0 Å². The molecule has 0 bridgehead atoms. The van der Waals surface area contributed by atoms with Gasteiger partial charge in [-0.05, 0) is 74.2 Å². The molecule has 1 aliphatic carbocycles. The summed E-state index contributed by atoms with van der Waals surface area (Å²) in [6.07, 6.45) is 9.89. The number of hydrogen-bond acceptors (Lipinski definition) is 5.